The fourth-order valence-corrected chi connectivity index (χ4v) is 3.57. The first-order valence-corrected chi connectivity index (χ1v) is 9.16. The molecule has 2 aromatic rings. The smallest absolute Gasteiger partial charge is 0.271 e. The quantitative estimate of drug-likeness (QED) is 0.720. The molecule has 1 aromatic heterocycles. The number of methoxy groups -OCH3 is 1. The number of aromatic nitrogens is 1. The van der Waals surface area contributed by atoms with Gasteiger partial charge in [-0.15, -0.1) is 23.7 Å². The van der Waals surface area contributed by atoms with Crippen molar-refractivity contribution in [1.82, 2.24) is 10.3 Å². The predicted octanol–water partition coefficient (Wildman–Crippen LogP) is 3.82. The summed E-state index contributed by atoms with van der Waals surface area (Å²) in [5.74, 6) is 3.19. The van der Waals surface area contributed by atoms with Crippen molar-refractivity contribution in [3.8, 4) is 28.5 Å². The van der Waals surface area contributed by atoms with Crippen LogP contribution in [0.15, 0.2) is 34.5 Å². The minimum absolute atomic E-state index is 0.187. The molecule has 134 valence electrons. The van der Waals surface area contributed by atoms with E-state index in [0.29, 0.717) is 25.1 Å². The summed E-state index contributed by atoms with van der Waals surface area (Å²) < 4.78 is 5.19. The molecule has 0 atom stereocenters. The normalized spacial score (nSPS) is 13.9. The van der Waals surface area contributed by atoms with Gasteiger partial charge in [-0.25, -0.2) is 4.98 Å². The topological polar surface area (TPSA) is 75.9 Å². The van der Waals surface area contributed by atoms with Crippen LogP contribution in [0.2, 0.25) is 0 Å². The first-order chi connectivity index (χ1) is 12.6. The molecule has 0 bridgehead atoms. The van der Waals surface area contributed by atoms with Crippen molar-refractivity contribution in [3.05, 3.63) is 35.0 Å². The number of ether oxygens (including phenoxy) is 1. The van der Waals surface area contributed by atoms with Gasteiger partial charge in [0.1, 0.15) is 11.4 Å². The molecule has 1 aliphatic rings. The maximum absolute atomic E-state index is 12.6. The van der Waals surface area contributed by atoms with Crippen molar-refractivity contribution in [2.75, 3.05) is 13.7 Å². The Kier molecular flexibility index (Phi) is 5.33. The average molecular weight is 368 g/mol. The molecule has 0 spiro atoms. The highest BCUT2D eigenvalue weighted by molar-refractivity contribution is 7.15. The molecule has 26 heavy (non-hydrogen) atoms. The predicted molar refractivity (Wildman–Crippen MR) is 101 cm³/mol. The van der Waals surface area contributed by atoms with Crippen molar-refractivity contribution in [2.45, 2.75) is 31.8 Å². The highest BCUT2D eigenvalue weighted by atomic mass is 32.1. The molecule has 0 radical (unpaired) electrons. The lowest BCUT2D eigenvalue weighted by Crippen LogP contribution is -2.28. The number of hydrogen-bond donors (Lipinski definition) is 1. The lowest BCUT2D eigenvalue weighted by atomic mass is 10.0. The minimum Gasteiger partial charge on any atom is -0.497 e. The molecule has 2 heterocycles. The van der Waals surface area contributed by atoms with E-state index in [-0.39, 0.29) is 5.91 Å². The summed E-state index contributed by atoms with van der Waals surface area (Å²) in [6, 6.07) is 7.60. The Bertz CT molecular complexity index is 859. The maximum atomic E-state index is 12.6. The number of amides is 1. The van der Waals surface area contributed by atoms with Gasteiger partial charge in [0.15, 0.2) is 5.66 Å². The zero-order valence-corrected chi connectivity index (χ0v) is 15.6. The van der Waals surface area contributed by atoms with Gasteiger partial charge in [0.2, 0.25) is 0 Å². The number of nitrogens with zero attached hydrogens (tertiary/aromatic N) is 3. The number of thiazole rings is 1. The van der Waals surface area contributed by atoms with Crippen LogP contribution >= 0.6 is 11.3 Å². The van der Waals surface area contributed by atoms with Crippen molar-refractivity contribution in [3.63, 3.8) is 0 Å². The van der Waals surface area contributed by atoms with E-state index in [1.807, 2.05) is 31.2 Å². The molecule has 0 saturated heterocycles. The van der Waals surface area contributed by atoms with Gasteiger partial charge in [0, 0.05) is 25.8 Å². The third kappa shape index (κ3) is 4.09. The maximum Gasteiger partial charge on any atom is 0.271 e. The minimum atomic E-state index is -0.392. The van der Waals surface area contributed by atoms with Gasteiger partial charge in [0.25, 0.3) is 5.91 Å². The van der Waals surface area contributed by atoms with Crippen LogP contribution in [0.3, 0.4) is 0 Å². The second kappa shape index (κ2) is 7.67. The summed E-state index contributed by atoms with van der Waals surface area (Å²) in [5, 5.41) is 11.9. The molecule has 0 unspecified atom stereocenters. The van der Waals surface area contributed by atoms with Crippen molar-refractivity contribution in [2.24, 2.45) is 10.2 Å². The van der Waals surface area contributed by atoms with E-state index >= 15 is 0 Å². The second-order valence-corrected chi connectivity index (χ2v) is 7.23. The Morgan fingerprint density at radius 3 is 2.65 bits per heavy atom. The van der Waals surface area contributed by atoms with Gasteiger partial charge >= 0.3 is 0 Å². The largest absolute Gasteiger partial charge is 0.497 e. The highest BCUT2D eigenvalue weighted by Crippen LogP contribution is 2.36. The third-order valence-electron chi connectivity index (χ3n) is 4.16. The Morgan fingerprint density at radius 1 is 1.31 bits per heavy atom. The molecule has 0 saturated carbocycles. The number of terminal acetylenes is 1. The van der Waals surface area contributed by atoms with Gasteiger partial charge in [-0.2, -0.15) is 10.2 Å². The Balaban J connectivity index is 1.65. The molecular formula is C19H20N4O2S. The zero-order valence-electron chi connectivity index (χ0n) is 14.8. The summed E-state index contributed by atoms with van der Waals surface area (Å²) >= 11 is 1.50. The molecule has 1 amide bonds. The van der Waals surface area contributed by atoms with E-state index in [1.165, 1.54) is 11.3 Å². The van der Waals surface area contributed by atoms with E-state index < -0.39 is 5.66 Å². The average Bonchev–Trinajstić information content (AvgIpc) is 3.32. The van der Waals surface area contributed by atoms with Gasteiger partial charge in [0.05, 0.1) is 17.0 Å². The van der Waals surface area contributed by atoms with E-state index in [2.05, 4.69) is 26.4 Å². The molecule has 3 rings (SSSR count). The standard InChI is InChI=1S/C19H20N4O2S/c1-4-5-10-19(22-23-19)11-12-20-18(24)16-17(26-13(2)21-16)14-6-8-15(25-3)9-7-14/h1,6-9H,5,10-12H2,2-3H3,(H,20,24). The van der Waals surface area contributed by atoms with E-state index in [1.54, 1.807) is 7.11 Å². The molecule has 0 fully saturated rings. The van der Waals surface area contributed by atoms with Crippen LogP contribution in [0, 0.1) is 19.3 Å². The molecule has 1 N–H and O–H groups in total. The van der Waals surface area contributed by atoms with Crippen LogP contribution in [0.25, 0.3) is 10.4 Å². The molecule has 1 aliphatic heterocycles. The van der Waals surface area contributed by atoms with Crippen molar-refractivity contribution >= 4 is 17.2 Å². The molecule has 7 heteroatoms. The lowest BCUT2D eigenvalue weighted by Gasteiger charge is -2.10. The fraction of sp³-hybridized carbons (Fsp3) is 0.368. The summed E-state index contributed by atoms with van der Waals surface area (Å²) in [7, 11) is 1.62. The fourth-order valence-electron chi connectivity index (χ4n) is 2.65. The van der Waals surface area contributed by atoms with E-state index in [9.17, 15) is 4.79 Å². The molecule has 6 nitrogen and oxygen atoms in total. The number of nitrogens with one attached hydrogen (secondary N) is 1. The summed E-state index contributed by atoms with van der Waals surface area (Å²) in [6.07, 6.45) is 7.31. The zero-order chi connectivity index (χ0) is 18.6. The highest BCUT2D eigenvalue weighted by Gasteiger charge is 2.38. The molecule has 0 aliphatic carbocycles. The lowest BCUT2D eigenvalue weighted by molar-refractivity contribution is 0.0948. The first-order valence-electron chi connectivity index (χ1n) is 8.34. The van der Waals surface area contributed by atoms with E-state index in [0.717, 1.165) is 27.6 Å². The summed E-state index contributed by atoms with van der Waals surface area (Å²) in [6.45, 7) is 2.38. The van der Waals surface area contributed by atoms with Crippen molar-refractivity contribution in [1.29, 1.82) is 0 Å². The number of hydrogen-bond acceptors (Lipinski definition) is 6. The monoisotopic (exact) mass is 368 g/mol. The van der Waals surface area contributed by atoms with Gasteiger partial charge in [-0.05, 0) is 36.8 Å². The van der Waals surface area contributed by atoms with Crippen LogP contribution < -0.4 is 10.1 Å². The molecule has 1 aromatic carbocycles. The summed E-state index contributed by atoms with van der Waals surface area (Å²) in [4.78, 5) is 17.9. The first kappa shape index (κ1) is 18.1. The van der Waals surface area contributed by atoms with Crippen LogP contribution in [0.4, 0.5) is 0 Å². The van der Waals surface area contributed by atoms with Crippen LogP contribution in [-0.4, -0.2) is 30.2 Å². The SMILES string of the molecule is C#CCCC1(CCNC(=O)c2nc(C)sc2-c2ccc(OC)cc2)N=N1. The van der Waals surface area contributed by atoms with Crippen LogP contribution in [-0.2, 0) is 0 Å². The van der Waals surface area contributed by atoms with Crippen molar-refractivity contribution < 1.29 is 9.53 Å². The Hall–Kier alpha value is -2.72. The Morgan fingerprint density at radius 2 is 2.04 bits per heavy atom. The summed E-state index contributed by atoms with van der Waals surface area (Å²) in [5.41, 5.74) is 0.996. The number of carbonyl (C=O) groups excluding carboxylic acids is 1. The number of benzene rings is 1. The number of aryl methyl sites for hydroxylation is 1. The van der Waals surface area contributed by atoms with Crippen LogP contribution in [0.1, 0.15) is 34.8 Å². The van der Waals surface area contributed by atoms with Gasteiger partial charge in [-0.3, -0.25) is 4.79 Å². The van der Waals surface area contributed by atoms with Gasteiger partial charge < -0.3 is 10.1 Å². The molecular weight excluding hydrogens is 348 g/mol. The Labute approximate surface area is 156 Å². The second-order valence-electron chi connectivity index (χ2n) is 6.03. The van der Waals surface area contributed by atoms with Gasteiger partial charge in [-0.1, -0.05) is 0 Å². The van der Waals surface area contributed by atoms with E-state index in [4.69, 9.17) is 11.2 Å². The third-order valence-corrected chi connectivity index (χ3v) is 5.18. The number of carbonyl (C=O) groups is 1. The van der Waals surface area contributed by atoms with Crippen LogP contribution in [0.5, 0.6) is 5.75 Å². The number of rotatable bonds is 8.